The average molecular weight is 249 g/mol. The Labute approximate surface area is 109 Å². The van der Waals surface area contributed by atoms with Crippen LogP contribution in [0.1, 0.15) is 25.3 Å². The number of pyridine rings is 1. The standard InChI is InChI=1S/C14H23N3O/c1-11-8-13(15-2)5-7-17(11)10-12-4-6-16-14(9-12)18-3/h4,6,9,11,13,15H,5,7-8,10H2,1-3H3. The number of methoxy groups -OCH3 is 1. The molecule has 4 nitrogen and oxygen atoms in total. The molecule has 2 heterocycles. The third-order valence-corrected chi connectivity index (χ3v) is 3.82. The Morgan fingerprint density at radius 3 is 3.06 bits per heavy atom. The summed E-state index contributed by atoms with van der Waals surface area (Å²) in [5.74, 6) is 0.699. The van der Waals surface area contributed by atoms with Crippen molar-refractivity contribution in [3.63, 3.8) is 0 Å². The SMILES string of the molecule is CNC1CCN(Cc2ccnc(OC)c2)C(C)C1. The zero-order valence-corrected chi connectivity index (χ0v) is 11.5. The molecule has 1 N–H and O–H groups in total. The van der Waals surface area contributed by atoms with Gasteiger partial charge in [0.05, 0.1) is 7.11 Å². The molecular weight excluding hydrogens is 226 g/mol. The number of ether oxygens (including phenoxy) is 1. The van der Waals surface area contributed by atoms with Crippen LogP contribution in [0.25, 0.3) is 0 Å². The summed E-state index contributed by atoms with van der Waals surface area (Å²) in [5, 5.41) is 3.38. The minimum absolute atomic E-state index is 0.621. The maximum absolute atomic E-state index is 5.17. The summed E-state index contributed by atoms with van der Waals surface area (Å²) in [6, 6.07) is 5.38. The van der Waals surface area contributed by atoms with Crippen molar-refractivity contribution < 1.29 is 4.74 Å². The van der Waals surface area contributed by atoms with Crippen LogP contribution in [-0.2, 0) is 6.54 Å². The second-order valence-corrected chi connectivity index (χ2v) is 5.04. The molecule has 2 rings (SSSR count). The Bertz CT molecular complexity index is 383. The van der Waals surface area contributed by atoms with E-state index in [-0.39, 0.29) is 0 Å². The summed E-state index contributed by atoms with van der Waals surface area (Å²) in [6.07, 6.45) is 4.26. The predicted octanol–water partition coefficient (Wildman–Crippen LogP) is 1.66. The maximum atomic E-state index is 5.17. The van der Waals surface area contributed by atoms with E-state index in [0.717, 1.165) is 13.1 Å². The van der Waals surface area contributed by atoms with Crippen LogP contribution in [0.2, 0.25) is 0 Å². The van der Waals surface area contributed by atoms with Crippen molar-refractivity contribution in [1.29, 1.82) is 0 Å². The summed E-state index contributed by atoms with van der Waals surface area (Å²) >= 11 is 0. The number of likely N-dealkylation sites (tertiary alicyclic amines) is 1. The molecule has 4 heteroatoms. The number of nitrogens with one attached hydrogen (secondary N) is 1. The molecule has 1 aromatic rings. The number of piperidine rings is 1. The van der Waals surface area contributed by atoms with E-state index in [2.05, 4.69) is 35.2 Å². The van der Waals surface area contributed by atoms with Crippen LogP contribution < -0.4 is 10.1 Å². The number of nitrogens with zero attached hydrogens (tertiary/aromatic N) is 2. The lowest BCUT2D eigenvalue weighted by Crippen LogP contribution is -2.46. The molecular formula is C14H23N3O. The van der Waals surface area contributed by atoms with E-state index in [1.165, 1.54) is 18.4 Å². The molecule has 0 saturated carbocycles. The summed E-state index contributed by atoms with van der Waals surface area (Å²) in [5.41, 5.74) is 1.27. The highest BCUT2D eigenvalue weighted by atomic mass is 16.5. The highest BCUT2D eigenvalue weighted by Crippen LogP contribution is 2.20. The van der Waals surface area contributed by atoms with Gasteiger partial charge in [-0.1, -0.05) is 0 Å². The van der Waals surface area contributed by atoms with Crippen LogP contribution in [0.4, 0.5) is 0 Å². The van der Waals surface area contributed by atoms with E-state index in [1.54, 1.807) is 7.11 Å². The van der Waals surface area contributed by atoms with Gasteiger partial charge in [0.2, 0.25) is 5.88 Å². The summed E-state index contributed by atoms with van der Waals surface area (Å²) in [7, 11) is 3.72. The Hall–Kier alpha value is -1.13. The number of aromatic nitrogens is 1. The highest BCUT2D eigenvalue weighted by Gasteiger charge is 2.24. The number of rotatable bonds is 4. The van der Waals surface area contributed by atoms with Gasteiger partial charge in [-0.3, -0.25) is 4.90 Å². The molecule has 1 fully saturated rings. The smallest absolute Gasteiger partial charge is 0.213 e. The van der Waals surface area contributed by atoms with Crippen molar-refractivity contribution in [1.82, 2.24) is 15.2 Å². The fraction of sp³-hybridized carbons (Fsp3) is 0.643. The molecule has 1 saturated heterocycles. The third kappa shape index (κ3) is 3.21. The maximum Gasteiger partial charge on any atom is 0.213 e. The summed E-state index contributed by atoms with van der Waals surface area (Å²) in [4.78, 5) is 6.67. The molecule has 0 aromatic carbocycles. The Morgan fingerprint density at radius 1 is 1.56 bits per heavy atom. The normalized spacial score (nSPS) is 25.1. The van der Waals surface area contributed by atoms with Crippen LogP contribution in [0.5, 0.6) is 5.88 Å². The monoisotopic (exact) mass is 249 g/mol. The summed E-state index contributed by atoms with van der Waals surface area (Å²) < 4.78 is 5.17. The average Bonchev–Trinajstić information content (AvgIpc) is 2.41. The second kappa shape index (κ2) is 6.16. The molecule has 2 atom stereocenters. The van der Waals surface area contributed by atoms with Gasteiger partial charge in [-0.25, -0.2) is 4.98 Å². The fourth-order valence-electron chi connectivity index (χ4n) is 2.61. The molecule has 0 amide bonds. The zero-order chi connectivity index (χ0) is 13.0. The summed E-state index contributed by atoms with van der Waals surface area (Å²) in [6.45, 7) is 4.44. The van der Waals surface area contributed by atoms with Gasteiger partial charge in [-0.2, -0.15) is 0 Å². The van der Waals surface area contributed by atoms with Gasteiger partial charge in [0.25, 0.3) is 0 Å². The largest absolute Gasteiger partial charge is 0.481 e. The van der Waals surface area contributed by atoms with Gasteiger partial charge in [-0.05, 0) is 38.4 Å². The first-order valence-electron chi connectivity index (χ1n) is 6.63. The molecule has 0 spiro atoms. The Balaban J connectivity index is 1.96. The molecule has 18 heavy (non-hydrogen) atoms. The Kier molecular flexibility index (Phi) is 4.55. The third-order valence-electron chi connectivity index (χ3n) is 3.82. The van der Waals surface area contributed by atoms with Gasteiger partial charge in [0, 0.05) is 37.4 Å². The van der Waals surface area contributed by atoms with E-state index >= 15 is 0 Å². The molecule has 100 valence electrons. The predicted molar refractivity (Wildman–Crippen MR) is 72.7 cm³/mol. The van der Waals surface area contributed by atoms with Gasteiger partial charge in [-0.15, -0.1) is 0 Å². The molecule has 0 bridgehead atoms. The van der Waals surface area contributed by atoms with Crippen LogP contribution >= 0.6 is 0 Å². The van der Waals surface area contributed by atoms with E-state index in [4.69, 9.17) is 4.74 Å². The van der Waals surface area contributed by atoms with E-state index in [9.17, 15) is 0 Å². The lowest BCUT2D eigenvalue weighted by Gasteiger charge is -2.37. The quantitative estimate of drug-likeness (QED) is 0.880. The van der Waals surface area contributed by atoms with Crippen molar-refractivity contribution in [2.45, 2.75) is 38.4 Å². The lowest BCUT2D eigenvalue weighted by atomic mass is 9.98. The number of hydrogen-bond acceptors (Lipinski definition) is 4. The lowest BCUT2D eigenvalue weighted by molar-refractivity contribution is 0.131. The fourth-order valence-corrected chi connectivity index (χ4v) is 2.61. The van der Waals surface area contributed by atoms with Crippen molar-refractivity contribution in [2.24, 2.45) is 0 Å². The highest BCUT2D eigenvalue weighted by molar-refractivity contribution is 5.20. The Morgan fingerprint density at radius 2 is 2.39 bits per heavy atom. The van der Waals surface area contributed by atoms with Crippen LogP contribution in [0.15, 0.2) is 18.3 Å². The number of hydrogen-bond donors (Lipinski definition) is 1. The van der Waals surface area contributed by atoms with Gasteiger partial charge >= 0.3 is 0 Å². The van der Waals surface area contributed by atoms with E-state index < -0.39 is 0 Å². The first-order chi connectivity index (χ1) is 8.72. The van der Waals surface area contributed by atoms with Crippen LogP contribution in [-0.4, -0.2) is 42.7 Å². The first kappa shape index (κ1) is 13.3. The molecule has 0 radical (unpaired) electrons. The molecule has 1 aromatic heterocycles. The van der Waals surface area contributed by atoms with Crippen LogP contribution in [0, 0.1) is 0 Å². The van der Waals surface area contributed by atoms with Gasteiger partial charge in [0.15, 0.2) is 0 Å². The molecule has 2 unspecified atom stereocenters. The minimum Gasteiger partial charge on any atom is -0.481 e. The van der Waals surface area contributed by atoms with E-state index in [1.807, 2.05) is 12.3 Å². The van der Waals surface area contributed by atoms with Crippen molar-refractivity contribution in [3.8, 4) is 5.88 Å². The first-order valence-corrected chi connectivity index (χ1v) is 6.63. The van der Waals surface area contributed by atoms with E-state index in [0.29, 0.717) is 18.0 Å². The van der Waals surface area contributed by atoms with Gasteiger partial charge < -0.3 is 10.1 Å². The minimum atomic E-state index is 0.621. The topological polar surface area (TPSA) is 37.4 Å². The van der Waals surface area contributed by atoms with Crippen molar-refractivity contribution in [3.05, 3.63) is 23.9 Å². The molecule has 0 aliphatic carbocycles. The van der Waals surface area contributed by atoms with Crippen molar-refractivity contribution >= 4 is 0 Å². The van der Waals surface area contributed by atoms with Crippen molar-refractivity contribution in [2.75, 3.05) is 20.7 Å². The molecule has 1 aliphatic heterocycles. The molecule has 1 aliphatic rings. The zero-order valence-electron chi connectivity index (χ0n) is 11.5. The second-order valence-electron chi connectivity index (χ2n) is 5.04. The van der Waals surface area contributed by atoms with Gasteiger partial charge in [0.1, 0.15) is 0 Å². The van der Waals surface area contributed by atoms with Crippen LogP contribution in [0.3, 0.4) is 0 Å².